The maximum Gasteiger partial charge on any atom is 0.277 e. The van der Waals surface area contributed by atoms with Crippen molar-refractivity contribution in [2.45, 2.75) is 31.3 Å². The number of piperazine rings is 1. The lowest BCUT2D eigenvalue weighted by Gasteiger charge is -2.32. The predicted octanol–water partition coefficient (Wildman–Crippen LogP) is 1.18. The number of hydrogen-bond donors (Lipinski definition) is 1. The number of rotatable bonds is 1. The molecular formula is C15H20F2N2O2. The Morgan fingerprint density at radius 1 is 1.33 bits per heavy atom. The number of aliphatic hydroxyl groups is 1. The number of nitrogens with zero attached hydrogens (tertiary/aromatic N) is 2. The highest BCUT2D eigenvalue weighted by Gasteiger charge is 2.46. The summed E-state index contributed by atoms with van der Waals surface area (Å²) in [5.74, 6) is -3.16. The van der Waals surface area contributed by atoms with Gasteiger partial charge in [0.05, 0.1) is 0 Å². The number of carbonyl (C=O) groups is 1. The fraction of sp³-hybridized carbons (Fsp3) is 0.667. The van der Waals surface area contributed by atoms with E-state index in [0.29, 0.717) is 25.1 Å². The molecule has 116 valence electrons. The van der Waals surface area contributed by atoms with Crippen molar-refractivity contribution in [3.8, 4) is 0 Å². The van der Waals surface area contributed by atoms with Crippen molar-refractivity contribution >= 4 is 5.91 Å². The van der Waals surface area contributed by atoms with E-state index >= 15 is 0 Å². The zero-order valence-corrected chi connectivity index (χ0v) is 12.1. The summed E-state index contributed by atoms with van der Waals surface area (Å²) in [6, 6.07) is 0. The fourth-order valence-electron chi connectivity index (χ4n) is 3.21. The zero-order chi connectivity index (χ0) is 15.2. The standard InChI is InChI=1S/C15H20F2N2O2/c1-18-4-6-19(7-5-18)14(21)11-8-10-2-3-15(16,17)13(20)12(10)9-11/h9,13,20H,2-8H2,1H3. The lowest BCUT2D eigenvalue weighted by Crippen LogP contribution is -2.47. The van der Waals surface area contributed by atoms with Gasteiger partial charge in [-0.2, -0.15) is 0 Å². The highest BCUT2D eigenvalue weighted by Crippen LogP contribution is 2.43. The molecule has 1 unspecified atom stereocenters. The fourth-order valence-corrected chi connectivity index (χ4v) is 3.21. The molecule has 0 aromatic carbocycles. The Kier molecular flexibility index (Phi) is 3.61. The van der Waals surface area contributed by atoms with Crippen molar-refractivity contribution < 1.29 is 18.7 Å². The lowest BCUT2D eigenvalue weighted by molar-refractivity contribution is -0.128. The summed E-state index contributed by atoms with van der Waals surface area (Å²) in [7, 11) is 2.01. The van der Waals surface area contributed by atoms with Crippen LogP contribution in [0.25, 0.3) is 0 Å². The minimum Gasteiger partial charge on any atom is -0.382 e. The van der Waals surface area contributed by atoms with Crippen LogP contribution in [0, 0.1) is 0 Å². The number of hydrogen-bond acceptors (Lipinski definition) is 3. The molecule has 1 amide bonds. The number of amides is 1. The third-order valence-electron chi connectivity index (χ3n) is 4.66. The second kappa shape index (κ2) is 5.18. The van der Waals surface area contributed by atoms with Crippen LogP contribution < -0.4 is 0 Å². The van der Waals surface area contributed by atoms with Crippen LogP contribution in [0.5, 0.6) is 0 Å². The van der Waals surface area contributed by atoms with Crippen LogP contribution >= 0.6 is 0 Å². The van der Waals surface area contributed by atoms with Gasteiger partial charge in [-0.1, -0.05) is 5.57 Å². The van der Waals surface area contributed by atoms with Crippen LogP contribution in [0.1, 0.15) is 19.3 Å². The molecule has 4 nitrogen and oxygen atoms in total. The first kappa shape index (κ1) is 14.7. The zero-order valence-electron chi connectivity index (χ0n) is 12.1. The van der Waals surface area contributed by atoms with E-state index in [1.807, 2.05) is 7.05 Å². The molecule has 1 N–H and O–H groups in total. The van der Waals surface area contributed by atoms with Gasteiger partial charge in [-0.05, 0) is 31.5 Å². The highest BCUT2D eigenvalue weighted by atomic mass is 19.3. The molecule has 2 aliphatic carbocycles. The Morgan fingerprint density at radius 3 is 2.67 bits per heavy atom. The van der Waals surface area contributed by atoms with Gasteiger partial charge in [-0.3, -0.25) is 4.79 Å². The molecule has 1 fully saturated rings. The average molecular weight is 298 g/mol. The van der Waals surface area contributed by atoms with Crippen LogP contribution in [0.15, 0.2) is 22.8 Å². The van der Waals surface area contributed by atoms with Gasteiger partial charge in [-0.15, -0.1) is 0 Å². The minimum absolute atomic E-state index is 0.0759. The van der Waals surface area contributed by atoms with Crippen molar-refractivity contribution in [1.29, 1.82) is 0 Å². The molecule has 1 heterocycles. The molecule has 21 heavy (non-hydrogen) atoms. The summed E-state index contributed by atoms with van der Waals surface area (Å²) < 4.78 is 27.1. The quantitative estimate of drug-likeness (QED) is 0.790. The summed E-state index contributed by atoms with van der Waals surface area (Å²) in [4.78, 5) is 16.4. The Hall–Kier alpha value is -1.27. The van der Waals surface area contributed by atoms with Gasteiger partial charge >= 0.3 is 0 Å². The number of allylic oxidation sites excluding steroid dienone is 1. The Balaban J connectivity index is 1.72. The van der Waals surface area contributed by atoms with Gasteiger partial charge in [-0.25, -0.2) is 8.78 Å². The van der Waals surface area contributed by atoms with Gasteiger partial charge in [0, 0.05) is 38.2 Å². The number of aliphatic hydroxyl groups excluding tert-OH is 1. The SMILES string of the molecule is CN1CCN(C(=O)C2=CC3=C(CCC(F)(F)C3O)C2)CC1. The van der Waals surface area contributed by atoms with E-state index in [1.165, 1.54) is 6.08 Å². The summed E-state index contributed by atoms with van der Waals surface area (Å²) in [5.41, 5.74) is 1.61. The molecule has 0 saturated carbocycles. The second-order valence-corrected chi connectivity index (χ2v) is 6.16. The van der Waals surface area contributed by atoms with Crippen LogP contribution in [-0.4, -0.2) is 66.1 Å². The molecule has 0 aromatic heterocycles. The normalized spacial score (nSPS) is 29.4. The third kappa shape index (κ3) is 2.62. The average Bonchev–Trinajstić information content (AvgIpc) is 2.88. The predicted molar refractivity (Wildman–Crippen MR) is 74.0 cm³/mol. The molecule has 0 bridgehead atoms. The molecule has 1 saturated heterocycles. The van der Waals surface area contributed by atoms with Gasteiger partial charge in [0.15, 0.2) is 0 Å². The topological polar surface area (TPSA) is 43.8 Å². The Labute approximate surface area is 122 Å². The first-order chi connectivity index (χ1) is 9.88. The van der Waals surface area contributed by atoms with E-state index < -0.39 is 12.0 Å². The van der Waals surface area contributed by atoms with E-state index in [4.69, 9.17) is 0 Å². The molecule has 0 aromatic rings. The summed E-state index contributed by atoms with van der Waals surface area (Å²) in [6.07, 6.45) is 0.0622. The molecule has 3 aliphatic rings. The number of alkyl halides is 2. The van der Waals surface area contributed by atoms with E-state index in [0.717, 1.165) is 18.7 Å². The third-order valence-corrected chi connectivity index (χ3v) is 4.66. The number of halogens is 2. The van der Waals surface area contributed by atoms with Crippen molar-refractivity contribution in [1.82, 2.24) is 9.80 Å². The van der Waals surface area contributed by atoms with Crippen molar-refractivity contribution in [2.75, 3.05) is 33.2 Å². The van der Waals surface area contributed by atoms with Gasteiger partial charge in [0.2, 0.25) is 5.91 Å². The van der Waals surface area contributed by atoms with Crippen LogP contribution in [0.3, 0.4) is 0 Å². The van der Waals surface area contributed by atoms with Gasteiger partial charge in [0.1, 0.15) is 6.10 Å². The molecule has 6 heteroatoms. The summed E-state index contributed by atoms with van der Waals surface area (Å²) in [6.45, 7) is 2.98. The van der Waals surface area contributed by atoms with E-state index in [-0.39, 0.29) is 24.3 Å². The van der Waals surface area contributed by atoms with Crippen molar-refractivity contribution in [2.24, 2.45) is 0 Å². The highest BCUT2D eigenvalue weighted by molar-refractivity contribution is 5.95. The van der Waals surface area contributed by atoms with E-state index in [1.54, 1.807) is 4.90 Å². The molecule has 1 atom stereocenters. The summed E-state index contributed by atoms with van der Waals surface area (Å²) in [5, 5.41) is 9.77. The lowest BCUT2D eigenvalue weighted by atomic mass is 9.88. The summed E-state index contributed by atoms with van der Waals surface area (Å²) >= 11 is 0. The van der Waals surface area contributed by atoms with E-state index in [9.17, 15) is 18.7 Å². The van der Waals surface area contributed by atoms with E-state index in [2.05, 4.69) is 4.90 Å². The first-order valence-corrected chi connectivity index (χ1v) is 7.34. The molecular weight excluding hydrogens is 278 g/mol. The van der Waals surface area contributed by atoms with Crippen LogP contribution in [0.4, 0.5) is 8.78 Å². The van der Waals surface area contributed by atoms with Crippen LogP contribution in [0.2, 0.25) is 0 Å². The largest absolute Gasteiger partial charge is 0.382 e. The maximum absolute atomic E-state index is 13.5. The smallest absolute Gasteiger partial charge is 0.277 e. The van der Waals surface area contributed by atoms with Crippen LogP contribution in [-0.2, 0) is 4.79 Å². The Morgan fingerprint density at radius 2 is 2.00 bits per heavy atom. The molecule has 0 radical (unpaired) electrons. The number of likely N-dealkylation sites (N-methyl/N-ethyl adjacent to an activating group) is 1. The number of carbonyl (C=O) groups excluding carboxylic acids is 1. The van der Waals surface area contributed by atoms with Crippen molar-refractivity contribution in [3.63, 3.8) is 0 Å². The molecule has 3 rings (SSSR count). The second-order valence-electron chi connectivity index (χ2n) is 6.16. The first-order valence-electron chi connectivity index (χ1n) is 7.34. The maximum atomic E-state index is 13.5. The minimum atomic E-state index is -3.08. The van der Waals surface area contributed by atoms with Crippen molar-refractivity contribution in [3.05, 3.63) is 22.8 Å². The molecule has 1 aliphatic heterocycles. The van der Waals surface area contributed by atoms with Gasteiger partial charge < -0.3 is 14.9 Å². The molecule has 0 spiro atoms. The monoisotopic (exact) mass is 298 g/mol. The Bertz CT molecular complexity index is 520. The van der Waals surface area contributed by atoms with Gasteiger partial charge in [0.25, 0.3) is 5.92 Å².